The predicted octanol–water partition coefficient (Wildman–Crippen LogP) is 3.89. The van der Waals surface area contributed by atoms with Gasteiger partial charge in [-0.05, 0) is 51.5 Å². The van der Waals surface area contributed by atoms with Crippen molar-refractivity contribution < 1.29 is 14.3 Å². The van der Waals surface area contributed by atoms with E-state index in [0.717, 1.165) is 54.8 Å². The van der Waals surface area contributed by atoms with Crippen molar-refractivity contribution in [3.8, 4) is 23.6 Å². The minimum Gasteiger partial charge on any atom is -0.388 e. The molecule has 2 aromatic heterocycles. The predicted molar refractivity (Wildman–Crippen MR) is 145 cm³/mol. The number of benzene rings is 1. The van der Waals surface area contributed by atoms with Gasteiger partial charge in [-0.2, -0.15) is 4.98 Å². The quantitative estimate of drug-likeness (QED) is 0.299. The van der Waals surface area contributed by atoms with Crippen molar-refractivity contribution in [1.29, 1.82) is 5.41 Å². The molecule has 0 bridgehead atoms. The number of aryl methyl sites for hydroxylation is 1. The van der Waals surface area contributed by atoms with Gasteiger partial charge in [0, 0.05) is 24.6 Å². The van der Waals surface area contributed by atoms with E-state index in [-0.39, 0.29) is 11.9 Å². The molecule has 1 amide bonds. The summed E-state index contributed by atoms with van der Waals surface area (Å²) >= 11 is 0. The van der Waals surface area contributed by atoms with Crippen LogP contribution in [-0.2, 0) is 16.0 Å². The number of imidazole rings is 1. The maximum absolute atomic E-state index is 11.4. The molecule has 3 aromatic rings. The molecule has 38 heavy (non-hydrogen) atoms. The SMILES string of the molecule is C#C[C@H]1CC[C@H](Cn2c(N3CCOC[C@H]3C)nc3nc(C(=N)OC(N)=O)nc(-c4cccc(C)c4)c32)CC1. The first-order valence-electron chi connectivity index (χ1n) is 13.1. The molecule has 198 valence electrons. The molecule has 1 aromatic carbocycles. The largest absolute Gasteiger partial charge is 0.411 e. The highest BCUT2D eigenvalue weighted by molar-refractivity contribution is 5.98. The fourth-order valence-electron chi connectivity index (χ4n) is 5.45. The van der Waals surface area contributed by atoms with E-state index in [9.17, 15) is 4.79 Å². The molecule has 1 atom stereocenters. The first kappa shape index (κ1) is 25.7. The fraction of sp³-hybridized carbons (Fsp3) is 0.464. The average Bonchev–Trinajstić information content (AvgIpc) is 3.26. The molecule has 10 nitrogen and oxygen atoms in total. The number of nitrogens with one attached hydrogen (secondary N) is 1. The number of primary amides is 1. The van der Waals surface area contributed by atoms with Gasteiger partial charge < -0.3 is 24.7 Å². The summed E-state index contributed by atoms with van der Waals surface area (Å²) < 4.78 is 12.8. The minimum absolute atomic E-state index is 0.0476. The van der Waals surface area contributed by atoms with Crippen molar-refractivity contribution >= 4 is 29.1 Å². The summed E-state index contributed by atoms with van der Waals surface area (Å²) in [6.07, 6.45) is 8.74. The molecule has 5 rings (SSSR count). The number of fused-ring (bicyclic) bond motifs is 1. The van der Waals surface area contributed by atoms with E-state index in [1.54, 1.807) is 0 Å². The van der Waals surface area contributed by atoms with Crippen molar-refractivity contribution in [1.82, 2.24) is 19.5 Å². The zero-order valence-corrected chi connectivity index (χ0v) is 21.8. The van der Waals surface area contributed by atoms with Gasteiger partial charge in [0.05, 0.1) is 19.3 Å². The summed E-state index contributed by atoms with van der Waals surface area (Å²) in [6, 6.07) is 8.13. The Morgan fingerprint density at radius 2 is 2.05 bits per heavy atom. The third-order valence-corrected chi connectivity index (χ3v) is 7.43. The number of hydrogen-bond acceptors (Lipinski definition) is 8. The lowest BCUT2D eigenvalue weighted by atomic mass is 9.82. The number of anilines is 1. The van der Waals surface area contributed by atoms with Crippen LogP contribution in [0.2, 0.25) is 0 Å². The smallest absolute Gasteiger partial charge is 0.388 e. The second-order valence-electron chi connectivity index (χ2n) is 10.2. The van der Waals surface area contributed by atoms with Crippen LogP contribution in [0.1, 0.15) is 44.0 Å². The maximum atomic E-state index is 11.4. The van der Waals surface area contributed by atoms with E-state index in [1.807, 2.05) is 31.2 Å². The Labute approximate surface area is 222 Å². The van der Waals surface area contributed by atoms with Gasteiger partial charge in [-0.1, -0.05) is 23.8 Å². The Bertz CT molecular complexity index is 1400. The number of ether oxygens (including phenoxy) is 2. The van der Waals surface area contributed by atoms with Gasteiger partial charge in [-0.25, -0.2) is 14.8 Å². The molecule has 1 saturated heterocycles. The van der Waals surface area contributed by atoms with Crippen LogP contribution in [0.25, 0.3) is 22.4 Å². The van der Waals surface area contributed by atoms with Crippen molar-refractivity contribution in [3.05, 3.63) is 35.7 Å². The summed E-state index contributed by atoms with van der Waals surface area (Å²) in [5, 5.41) is 8.24. The highest BCUT2D eigenvalue weighted by atomic mass is 16.6. The number of aromatic nitrogens is 4. The summed E-state index contributed by atoms with van der Waals surface area (Å²) in [6.45, 7) is 6.81. The standard InChI is InChI=1S/C28H33N7O3/c1-4-19-8-10-20(11-9-19)15-35-23-22(21-7-5-6-17(2)14-21)31-26(24(29)38-27(30)36)32-25(23)33-28(35)34-12-13-37-16-18(34)3/h1,5-7,14,18-20,29H,8-13,15-16H2,2-3H3,(H2,30,36)/t18-,19-,20-/m1/s1. The number of morpholine rings is 1. The van der Waals surface area contributed by atoms with E-state index < -0.39 is 12.0 Å². The molecule has 2 aliphatic rings. The molecule has 0 radical (unpaired) electrons. The molecule has 1 aliphatic carbocycles. The van der Waals surface area contributed by atoms with Crippen molar-refractivity contribution in [2.24, 2.45) is 17.6 Å². The molecule has 0 spiro atoms. The molecular formula is C28H33N7O3. The molecule has 10 heteroatoms. The van der Waals surface area contributed by atoms with Crippen LogP contribution in [0.5, 0.6) is 0 Å². The van der Waals surface area contributed by atoms with E-state index in [4.69, 9.17) is 37.0 Å². The number of carbonyl (C=O) groups is 1. The van der Waals surface area contributed by atoms with Gasteiger partial charge in [0.15, 0.2) is 5.65 Å². The molecular weight excluding hydrogens is 482 g/mol. The van der Waals surface area contributed by atoms with Crippen molar-refractivity contribution in [2.45, 2.75) is 52.1 Å². The lowest BCUT2D eigenvalue weighted by molar-refractivity contribution is 0.0976. The number of hydrogen-bond donors (Lipinski definition) is 2. The first-order chi connectivity index (χ1) is 18.3. The molecule has 0 unspecified atom stereocenters. The fourth-order valence-corrected chi connectivity index (χ4v) is 5.45. The van der Waals surface area contributed by atoms with Crippen molar-refractivity contribution in [3.63, 3.8) is 0 Å². The molecule has 3 heterocycles. The average molecular weight is 516 g/mol. The minimum atomic E-state index is -1.09. The monoisotopic (exact) mass is 515 g/mol. The number of terminal acetylenes is 1. The van der Waals surface area contributed by atoms with Crippen molar-refractivity contribution in [2.75, 3.05) is 24.7 Å². The lowest BCUT2D eigenvalue weighted by Crippen LogP contribution is -2.45. The second-order valence-corrected chi connectivity index (χ2v) is 10.2. The van der Waals surface area contributed by atoms with Gasteiger partial charge >= 0.3 is 6.09 Å². The Kier molecular flexibility index (Phi) is 7.29. The van der Waals surface area contributed by atoms with E-state index in [0.29, 0.717) is 42.9 Å². The summed E-state index contributed by atoms with van der Waals surface area (Å²) in [5.41, 5.74) is 8.96. The molecule has 1 aliphatic heterocycles. The topological polar surface area (TPSA) is 132 Å². The van der Waals surface area contributed by atoms with Crippen LogP contribution in [0.4, 0.5) is 10.7 Å². The molecule has 1 saturated carbocycles. The normalized spacial score (nSPS) is 21.7. The van der Waals surface area contributed by atoms with Crippen LogP contribution >= 0.6 is 0 Å². The molecule has 2 fully saturated rings. The second kappa shape index (κ2) is 10.8. The zero-order chi connectivity index (χ0) is 26.8. The molecule has 3 N–H and O–H groups in total. The van der Waals surface area contributed by atoms with Gasteiger partial charge in [-0.15, -0.1) is 12.3 Å². The lowest BCUT2D eigenvalue weighted by Gasteiger charge is -2.35. The Morgan fingerprint density at radius 3 is 2.74 bits per heavy atom. The number of nitrogens with two attached hydrogens (primary N) is 1. The highest BCUT2D eigenvalue weighted by Gasteiger charge is 2.30. The summed E-state index contributed by atoms with van der Waals surface area (Å²) in [7, 11) is 0. The highest BCUT2D eigenvalue weighted by Crippen LogP contribution is 2.36. The first-order valence-corrected chi connectivity index (χ1v) is 13.1. The number of rotatable bonds is 5. The van der Waals surface area contributed by atoms with Gasteiger partial charge in [0.1, 0.15) is 11.2 Å². The van der Waals surface area contributed by atoms with E-state index >= 15 is 0 Å². The third kappa shape index (κ3) is 5.20. The Morgan fingerprint density at radius 1 is 1.26 bits per heavy atom. The third-order valence-electron chi connectivity index (χ3n) is 7.43. The Balaban J connectivity index is 1.69. The van der Waals surface area contributed by atoms with Crippen LogP contribution in [-0.4, -0.2) is 57.3 Å². The van der Waals surface area contributed by atoms with Crippen LogP contribution in [0.15, 0.2) is 24.3 Å². The van der Waals surface area contributed by atoms with E-state index in [1.165, 1.54) is 0 Å². The van der Waals surface area contributed by atoms with Crippen LogP contribution in [0, 0.1) is 36.5 Å². The van der Waals surface area contributed by atoms with Gasteiger partial charge in [-0.3, -0.25) is 5.41 Å². The number of nitrogens with zero attached hydrogens (tertiary/aromatic N) is 5. The summed E-state index contributed by atoms with van der Waals surface area (Å²) in [5.74, 6) is 3.94. The van der Waals surface area contributed by atoms with Crippen LogP contribution < -0.4 is 10.6 Å². The number of amides is 1. The van der Waals surface area contributed by atoms with Gasteiger partial charge in [0.25, 0.3) is 5.90 Å². The summed E-state index contributed by atoms with van der Waals surface area (Å²) in [4.78, 5) is 27.9. The zero-order valence-electron chi connectivity index (χ0n) is 21.8. The maximum Gasteiger partial charge on any atom is 0.411 e. The Hall–Kier alpha value is -3.97. The van der Waals surface area contributed by atoms with E-state index in [2.05, 4.69) is 27.3 Å². The number of carbonyl (C=O) groups excluding carboxylic acids is 1. The van der Waals surface area contributed by atoms with Gasteiger partial charge in [0.2, 0.25) is 11.8 Å². The van der Waals surface area contributed by atoms with Crippen LogP contribution in [0.3, 0.4) is 0 Å².